The minimum absolute atomic E-state index is 0. The van der Waals surface area contributed by atoms with Crippen molar-refractivity contribution >= 4 is 23.9 Å². The summed E-state index contributed by atoms with van der Waals surface area (Å²) in [6.07, 6.45) is 25.6. The number of benzene rings is 2. The molecule has 0 aromatic heterocycles. The van der Waals surface area contributed by atoms with Gasteiger partial charge in [0, 0.05) is 23.1 Å². The van der Waals surface area contributed by atoms with Crippen molar-refractivity contribution in [1.29, 1.82) is 0 Å². The average Bonchev–Trinajstić information content (AvgIpc) is 3.33. The van der Waals surface area contributed by atoms with E-state index in [2.05, 4.69) is 69.2 Å². The van der Waals surface area contributed by atoms with E-state index in [-0.39, 0.29) is 95.1 Å². The van der Waals surface area contributed by atoms with Crippen LogP contribution in [0, 0.1) is 77.0 Å². The molecule has 0 aliphatic carbocycles. The fourth-order valence-corrected chi connectivity index (χ4v) is 11.6. The monoisotopic (exact) mass is 1360 g/mol. The number of carboxylic acids is 2. The molecule has 6 unspecified atom stereocenters. The molecular formula is C66H112Cl2N2O10Pt. The summed E-state index contributed by atoms with van der Waals surface area (Å²) in [5.41, 5.74) is 7.58. The molecular weight excluding hydrogens is 1250 g/mol. The summed E-state index contributed by atoms with van der Waals surface area (Å²) in [7, 11) is 0. The summed E-state index contributed by atoms with van der Waals surface area (Å²) in [6, 6.07) is 0. The third-order valence-electron chi connectivity index (χ3n) is 17.2. The Balaban J connectivity index is -0.00000141. The molecule has 0 bridgehead atoms. The smallest absolute Gasteiger partial charge is 1.00 e. The summed E-state index contributed by atoms with van der Waals surface area (Å²) in [5.74, 6) is 3.82. The molecule has 0 saturated carbocycles. The SMILES string of the molecule is Cc1c(C)c(OC(=O)CCC(=O)[O-])c(C)c2c1CCC(C)(CCCC(C)CCCC(C)CCCC(C)C)O2.Cc1c(C)c(OC(=O)CCC(=O)[O-])c(C)c2c1CCC(C)(CCCC(C)CCCC(C)CCCC(C)C)O2.N.N.[Cl-].[Cl-].[Pt+4]. The standard InChI is InChI=1S/2C33H54O5.2ClH.2H3N.Pt/c2*1-22(2)12-9-13-23(3)14-10-15-24(4)16-11-20-33(8)21-19-28-25(5)26(6)31(27(7)32(28)38-33)37-30(36)18-17-29(34)35;;;;;/h2*22-24H,9-21H2,1-8H3,(H,34,35);2*1H;2*1H3;/q;;;;;;+4/p-4. The number of carbonyl (C=O) groups is 4. The second-order valence-electron chi connectivity index (χ2n) is 25.5. The van der Waals surface area contributed by atoms with E-state index in [0.29, 0.717) is 11.5 Å². The van der Waals surface area contributed by atoms with Crippen LogP contribution in [0.1, 0.15) is 268 Å². The minimum Gasteiger partial charge on any atom is -1.00 e. The van der Waals surface area contributed by atoms with E-state index in [1.807, 2.05) is 41.5 Å². The van der Waals surface area contributed by atoms with Crippen molar-refractivity contribution in [3.8, 4) is 23.0 Å². The van der Waals surface area contributed by atoms with Gasteiger partial charge in [-0.1, -0.05) is 145 Å². The average molecular weight is 1360 g/mol. The number of hydrogen-bond donors (Lipinski definition) is 2. The molecule has 470 valence electrons. The maximum atomic E-state index is 12.3. The van der Waals surface area contributed by atoms with Crippen LogP contribution >= 0.6 is 0 Å². The van der Waals surface area contributed by atoms with E-state index in [1.165, 1.54) is 101 Å². The van der Waals surface area contributed by atoms with Crippen molar-refractivity contribution in [2.45, 2.75) is 289 Å². The number of hydrogen-bond acceptors (Lipinski definition) is 12. The molecule has 0 fully saturated rings. The predicted molar refractivity (Wildman–Crippen MR) is 315 cm³/mol. The quantitative estimate of drug-likeness (QED) is 0.0517. The molecule has 0 saturated heterocycles. The molecule has 0 radical (unpaired) electrons. The van der Waals surface area contributed by atoms with Crippen LogP contribution in [0.25, 0.3) is 0 Å². The Morgan fingerprint density at radius 2 is 0.716 bits per heavy atom. The third kappa shape index (κ3) is 28.7. The number of carboxylic acid groups (broad SMARTS) is 2. The first-order chi connectivity index (χ1) is 35.6. The number of esters is 2. The number of aliphatic carboxylic acids is 2. The van der Waals surface area contributed by atoms with Gasteiger partial charge >= 0.3 is 33.0 Å². The fourth-order valence-electron chi connectivity index (χ4n) is 11.6. The largest absolute Gasteiger partial charge is 4.00 e. The summed E-state index contributed by atoms with van der Waals surface area (Å²) >= 11 is 0. The maximum absolute atomic E-state index is 12.3. The van der Waals surface area contributed by atoms with Crippen molar-refractivity contribution in [3.05, 3.63) is 44.5 Å². The molecule has 2 aromatic rings. The molecule has 0 amide bonds. The van der Waals surface area contributed by atoms with Crippen LogP contribution in [0.4, 0.5) is 0 Å². The molecule has 6 atom stereocenters. The maximum Gasteiger partial charge on any atom is 4.00 e. The third-order valence-corrected chi connectivity index (χ3v) is 17.2. The van der Waals surface area contributed by atoms with Gasteiger partial charge in [0.05, 0.1) is 12.8 Å². The molecule has 2 aromatic carbocycles. The van der Waals surface area contributed by atoms with Gasteiger partial charge in [0.2, 0.25) is 0 Å². The van der Waals surface area contributed by atoms with Gasteiger partial charge in [-0.15, -0.1) is 0 Å². The van der Waals surface area contributed by atoms with Gasteiger partial charge in [-0.05, 0) is 188 Å². The minimum atomic E-state index is -1.25. The fraction of sp³-hybridized carbons (Fsp3) is 0.758. The molecule has 2 aliphatic heterocycles. The zero-order valence-electron chi connectivity index (χ0n) is 53.4. The van der Waals surface area contributed by atoms with E-state index >= 15 is 0 Å². The number of carbonyl (C=O) groups excluding carboxylic acids is 4. The van der Waals surface area contributed by atoms with E-state index in [0.717, 1.165) is 132 Å². The van der Waals surface area contributed by atoms with Crippen LogP contribution in [0.3, 0.4) is 0 Å². The van der Waals surface area contributed by atoms with Crippen LogP contribution in [0.2, 0.25) is 0 Å². The molecule has 2 aliphatic rings. The second-order valence-corrected chi connectivity index (χ2v) is 25.5. The van der Waals surface area contributed by atoms with Gasteiger partial charge < -0.3 is 75.9 Å². The van der Waals surface area contributed by atoms with Crippen molar-refractivity contribution in [2.75, 3.05) is 0 Å². The Kier molecular flexibility index (Phi) is 41.1. The summed E-state index contributed by atoms with van der Waals surface area (Å²) in [6.45, 7) is 35.1. The Labute approximate surface area is 519 Å². The van der Waals surface area contributed by atoms with Crippen LogP contribution in [0.15, 0.2) is 0 Å². The van der Waals surface area contributed by atoms with Crippen LogP contribution in [-0.2, 0) is 53.1 Å². The molecule has 15 heteroatoms. The van der Waals surface area contributed by atoms with Crippen molar-refractivity contribution in [1.82, 2.24) is 12.3 Å². The van der Waals surface area contributed by atoms with E-state index in [4.69, 9.17) is 18.9 Å². The van der Waals surface area contributed by atoms with Gasteiger partial charge in [0.25, 0.3) is 0 Å². The first-order valence-corrected chi connectivity index (χ1v) is 30.1. The van der Waals surface area contributed by atoms with Crippen LogP contribution in [0.5, 0.6) is 23.0 Å². The predicted octanol–water partition coefficient (Wildman–Crippen LogP) is 9.47. The Morgan fingerprint density at radius 1 is 0.444 bits per heavy atom. The van der Waals surface area contributed by atoms with Gasteiger partial charge in [0.15, 0.2) is 0 Å². The Hall–Kier alpha value is -2.89. The molecule has 81 heavy (non-hydrogen) atoms. The topological polar surface area (TPSA) is 221 Å². The van der Waals surface area contributed by atoms with Crippen LogP contribution in [-0.4, -0.2) is 35.1 Å². The van der Waals surface area contributed by atoms with Crippen LogP contribution < -0.4 is 66.3 Å². The molecule has 0 spiro atoms. The summed E-state index contributed by atoms with van der Waals surface area (Å²) < 4.78 is 24.6. The Morgan fingerprint density at radius 3 is 0.988 bits per heavy atom. The summed E-state index contributed by atoms with van der Waals surface area (Å²) in [5, 5.41) is 21.5. The normalized spacial score (nSPS) is 17.4. The first kappa shape index (κ1) is 82.3. The zero-order valence-corrected chi connectivity index (χ0v) is 57.2. The second kappa shape index (κ2) is 40.4. The van der Waals surface area contributed by atoms with Crippen molar-refractivity contribution < 1.29 is 94.2 Å². The first-order valence-electron chi connectivity index (χ1n) is 30.1. The zero-order chi connectivity index (χ0) is 56.9. The van der Waals surface area contributed by atoms with Gasteiger partial charge in [-0.25, -0.2) is 0 Å². The molecule has 12 nitrogen and oxygen atoms in total. The Bertz CT molecular complexity index is 2050. The number of halogens is 2. The summed E-state index contributed by atoms with van der Waals surface area (Å²) in [4.78, 5) is 46.0. The molecule has 2 heterocycles. The molecule has 6 N–H and O–H groups in total. The van der Waals surface area contributed by atoms with E-state index in [1.54, 1.807) is 0 Å². The number of ether oxygens (including phenoxy) is 4. The molecule has 4 rings (SSSR count). The van der Waals surface area contributed by atoms with Crippen molar-refractivity contribution in [3.63, 3.8) is 0 Å². The number of rotatable bonds is 32. The van der Waals surface area contributed by atoms with E-state index < -0.39 is 23.9 Å². The van der Waals surface area contributed by atoms with Gasteiger partial charge in [-0.2, -0.15) is 0 Å². The van der Waals surface area contributed by atoms with Crippen molar-refractivity contribution in [2.24, 2.45) is 35.5 Å². The van der Waals surface area contributed by atoms with Gasteiger partial charge in [-0.3, -0.25) is 9.59 Å². The number of fused-ring (bicyclic) bond motifs is 2. The van der Waals surface area contributed by atoms with E-state index in [9.17, 15) is 29.4 Å². The van der Waals surface area contributed by atoms with Gasteiger partial charge in [0.1, 0.15) is 34.2 Å².